The molecule has 1 saturated heterocycles. The number of amides is 2. The molecule has 6 heteroatoms. The number of aryl methyl sites for hydroxylation is 1. The van der Waals surface area contributed by atoms with Crippen molar-refractivity contribution >= 4 is 23.3 Å². The molecule has 1 aliphatic heterocycles. The van der Waals surface area contributed by atoms with E-state index in [1.54, 1.807) is 0 Å². The van der Waals surface area contributed by atoms with Gasteiger partial charge in [0.05, 0.1) is 4.88 Å². The Hall–Kier alpha value is -1.56. The van der Waals surface area contributed by atoms with E-state index in [1.807, 2.05) is 44.0 Å². The Morgan fingerprint density at radius 1 is 1.32 bits per heavy atom. The second-order valence-corrected chi connectivity index (χ2v) is 7.56. The van der Waals surface area contributed by atoms with E-state index in [0.717, 1.165) is 23.3 Å². The molecule has 1 aromatic rings. The summed E-state index contributed by atoms with van der Waals surface area (Å²) in [4.78, 5) is 26.9. The zero-order chi connectivity index (χ0) is 16.3. The number of thiophene rings is 1. The summed E-state index contributed by atoms with van der Waals surface area (Å²) in [5.41, 5.74) is 0.543. The van der Waals surface area contributed by atoms with Crippen molar-refractivity contribution in [1.29, 1.82) is 0 Å². The zero-order valence-corrected chi connectivity index (χ0v) is 14.5. The summed E-state index contributed by atoms with van der Waals surface area (Å²) in [7, 11) is 0. The van der Waals surface area contributed by atoms with Crippen LogP contribution in [0.2, 0.25) is 0 Å². The van der Waals surface area contributed by atoms with Gasteiger partial charge in [-0.05, 0) is 57.5 Å². The molecule has 0 unspecified atom stereocenters. The van der Waals surface area contributed by atoms with Crippen molar-refractivity contribution in [1.82, 2.24) is 10.2 Å². The van der Waals surface area contributed by atoms with Gasteiger partial charge in [0.25, 0.3) is 5.91 Å². The first-order chi connectivity index (χ1) is 10.3. The predicted molar refractivity (Wildman–Crippen MR) is 87.4 cm³/mol. The Morgan fingerprint density at radius 2 is 1.95 bits per heavy atom. The van der Waals surface area contributed by atoms with Gasteiger partial charge in [0.1, 0.15) is 5.60 Å². The minimum atomic E-state index is -0.489. The fraction of sp³-hybridized carbons (Fsp3) is 0.625. The lowest BCUT2D eigenvalue weighted by atomic mass is 10.0. The third-order valence-electron chi connectivity index (χ3n) is 3.56. The van der Waals surface area contributed by atoms with Crippen LogP contribution in [0.3, 0.4) is 0 Å². The van der Waals surface area contributed by atoms with Gasteiger partial charge in [0, 0.05) is 19.1 Å². The number of piperidine rings is 1. The quantitative estimate of drug-likeness (QED) is 0.909. The zero-order valence-electron chi connectivity index (χ0n) is 13.6. The maximum absolute atomic E-state index is 12.4. The number of hydrogen-bond donors (Lipinski definition) is 1. The van der Waals surface area contributed by atoms with E-state index >= 15 is 0 Å². The highest BCUT2D eigenvalue weighted by atomic mass is 32.1. The SMILES string of the molecule is Cc1ccsc1C(=O)N1CCC(NC(=O)OC(C)(C)C)CC1. The van der Waals surface area contributed by atoms with Crippen molar-refractivity contribution in [2.45, 2.75) is 52.2 Å². The molecule has 0 radical (unpaired) electrons. The topological polar surface area (TPSA) is 58.6 Å². The van der Waals surface area contributed by atoms with Crippen LogP contribution in [0.25, 0.3) is 0 Å². The molecule has 0 bridgehead atoms. The molecular formula is C16H24N2O3S. The minimum Gasteiger partial charge on any atom is -0.444 e. The van der Waals surface area contributed by atoms with E-state index in [-0.39, 0.29) is 18.0 Å². The lowest BCUT2D eigenvalue weighted by Crippen LogP contribution is -2.47. The standard InChI is InChI=1S/C16H24N2O3S/c1-11-7-10-22-13(11)14(19)18-8-5-12(6-9-18)17-15(20)21-16(2,3)4/h7,10,12H,5-6,8-9H2,1-4H3,(H,17,20). The first-order valence-electron chi connectivity index (χ1n) is 7.59. The number of rotatable bonds is 2. The van der Waals surface area contributed by atoms with E-state index in [1.165, 1.54) is 11.3 Å². The monoisotopic (exact) mass is 324 g/mol. The van der Waals surface area contributed by atoms with Gasteiger partial charge in [-0.15, -0.1) is 11.3 Å². The van der Waals surface area contributed by atoms with Gasteiger partial charge in [0.15, 0.2) is 0 Å². The summed E-state index contributed by atoms with van der Waals surface area (Å²) >= 11 is 1.49. The van der Waals surface area contributed by atoms with Crippen LogP contribution in [-0.4, -0.2) is 41.6 Å². The first kappa shape index (κ1) is 16.8. The molecule has 1 aromatic heterocycles. The van der Waals surface area contributed by atoms with Gasteiger partial charge in [0.2, 0.25) is 0 Å². The largest absolute Gasteiger partial charge is 0.444 e. The third kappa shape index (κ3) is 4.47. The number of likely N-dealkylation sites (tertiary alicyclic amines) is 1. The van der Waals surface area contributed by atoms with Gasteiger partial charge in [-0.25, -0.2) is 4.79 Å². The second kappa shape index (κ2) is 6.69. The Labute approximate surface area is 135 Å². The maximum atomic E-state index is 12.4. The summed E-state index contributed by atoms with van der Waals surface area (Å²) in [5.74, 6) is 0.100. The van der Waals surface area contributed by atoms with Crippen molar-refractivity contribution < 1.29 is 14.3 Å². The van der Waals surface area contributed by atoms with E-state index in [9.17, 15) is 9.59 Å². The fourth-order valence-corrected chi connectivity index (χ4v) is 3.33. The van der Waals surface area contributed by atoms with Crippen molar-refractivity contribution in [3.05, 3.63) is 21.9 Å². The average molecular weight is 324 g/mol. The van der Waals surface area contributed by atoms with Gasteiger partial charge in [-0.1, -0.05) is 0 Å². The van der Waals surface area contributed by atoms with Crippen LogP contribution in [0.15, 0.2) is 11.4 Å². The van der Waals surface area contributed by atoms with E-state index in [0.29, 0.717) is 13.1 Å². The van der Waals surface area contributed by atoms with Crippen molar-refractivity contribution in [3.63, 3.8) is 0 Å². The summed E-state index contributed by atoms with van der Waals surface area (Å²) in [6.45, 7) is 8.82. The van der Waals surface area contributed by atoms with Crippen molar-refractivity contribution in [2.75, 3.05) is 13.1 Å². The Kier molecular flexibility index (Phi) is 5.11. The van der Waals surface area contributed by atoms with Gasteiger partial charge >= 0.3 is 6.09 Å². The van der Waals surface area contributed by atoms with E-state index in [2.05, 4.69) is 5.32 Å². The van der Waals surface area contributed by atoms with Gasteiger partial charge in [-0.3, -0.25) is 4.79 Å². The molecule has 0 atom stereocenters. The summed E-state index contributed by atoms with van der Waals surface area (Å²) < 4.78 is 5.26. The Balaban J connectivity index is 1.82. The molecule has 5 nitrogen and oxygen atoms in total. The van der Waals surface area contributed by atoms with Crippen LogP contribution < -0.4 is 5.32 Å². The molecule has 2 heterocycles. The average Bonchev–Trinajstić information content (AvgIpc) is 2.83. The van der Waals surface area contributed by atoms with Gasteiger partial charge in [-0.2, -0.15) is 0 Å². The van der Waals surface area contributed by atoms with Crippen molar-refractivity contribution in [3.8, 4) is 0 Å². The smallest absolute Gasteiger partial charge is 0.407 e. The number of nitrogens with zero attached hydrogens (tertiary/aromatic N) is 1. The highest BCUT2D eigenvalue weighted by Crippen LogP contribution is 2.21. The van der Waals surface area contributed by atoms with Crippen LogP contribution >= 0.6 is 11.3 Å². The molecule has 0 aromatic carbocycles. The molecule has 0 spiro atoms. The number of nitrogens with one attached hydrogen (secondary N) is 1. The number of ether oxygens (including phenoxy) is 1. The lowest BCUT2D eigenvalue weighted by molar-refractivity contribution is 0.0474. The molecule has 2 amide bonds. The van der Waals surface area contributed by atoms with Crippen LogP contribution in [0.5, 0.6) is 0 Å². The summed E-state index contributed by atoms with van der Waals surface area (Å²) in [6.07, 6.45) is 1.14. The molecule has 0 saturated carbocycles. The van der Waals surface area contributed by atoms with Crippen LogP contribution in [0.1, 0.15) is 48.8 Å². The molecule has 22 heavy (non-hydrogen) atoms. The van der Waals surface area contributed by atoms with E-state index in [4.69, 9.17) is 4.74 Å². The molecule has 1 fully saturated rings. The summed E-state index contributed by atoms with van der Waals surface area (Å²) in [5, 5.41) is 4.83. The van der Waals surface area contributed by atoms with Crippen LogP contribution in [0, 0.1) is 6.92 Å². The highest BCUT2D eigenvalue weighted by Gasteiger charge is 2.27. The minimum absolute atomic E-state index is 0.0725. The maximum Gasteiger partial charge on any atom is 0.407 e. The van der Waals surface area contributed by atoms with Gasteiger partial charge < -0.3 is 15.0 Å². The Bertz CT molecular complexity index is 540. The van der Waals surface area contributed by atoms with E-state index < -0.39 is 5.60 Å². The van der Waals surface area contributed by atoms with Crippen molar-refractivity contribution in [2.24, 2.45) is 0 Å². The van der Waals surface area contributed by atoms with Crippen LogP contribution in [0.4, 0.5) is 4.79 Å². The normalized spacial score (nSPS) is 16.5. The fourth-order valence-electron chi connectivity index (χ4n) is 2.44. The molecule has 1 aliphatic rings. The lowest BCUT2D eigenvalue weighted by Gasteiger charge is -2.32. The molecule has 122 valence electrons. The molecule has 2 rings (SSSR count). The second-order valence-electron chi connectivity index (χ2n) is 6.65. The first-order valence-corrected chi connectivity index (χ1v) is 8.47. The highest BCUT2D eigenvalue weighted by molar-refractivity contribution is 7.12. The Morgan fingerprint density at radius 3 is 2.45 bits per heavy atom. The molecule has 0 aliphatic carbocycles. The number of carbonyl (C=O) groups excluding carboxylic acids is 2. The van der Waals surface area contributed by atoms with Crippen LogP contribution in [-0.2, 0) is 4.74 Å². The number of carbonyl (C=O) groups is 2. The predicted octanol–water partition coefficient (Wildman–Crippen LogP) is 3.19. The third-order valence-corrected chi connectivity index (χ3v) is 4.56. The number of hydrogen-bond acceptors (Lipinski definition) is 4. The molecule has 1 N–H and O–H groups in total. The summed E-state index contributed by atoms with van der Waals surface area (Å²) in [6, 6.07) is 2.04. The number of alkyl carbamates (subject to hydrolysis) is 1. The molecular weight excluding hydrogens is 300 g/mol.